The molecule has 0 fully saturated rings. The summed E-state index contributed by atoms with van der Waals surface area (Å²) in [5.74, 6) is 0. The van der Waals surface area contributed by atoms with Crippen LogP contribution in [-0.2, 0) is 12.8 Å². The van der Waals surface area contributed by atoms with Gasteiger partial charge in [-0.15, -0.1) is 0 Å². The molecule has 0 aromatic heterocycles. The Labute approximate surface area is 146 Å². The van der Waals surface area contributed by atoms with Crippen LogP contribution in [0.3, 0.4) is 0 Å². The molecule has 0 bridgehead atoms. The highest BCUT2D eigenvalue weighted by atomic mass is 35.5. The largest absolute Gasteiger partial charge is 0.0843 e. The van der Waals surface area contributed by atoms with Gasteiger partial charge in [-0.05, 0) is 48.9 Å². The van der Waals surface area contributed by atoms with Crippen molar-refractivity contribution in [3.8, 4) is 0 Å². The van der Waals surface area contributed by atoms with Gasteiger partial charge in [0.25, 0.3) is 0 Å². The Hall–Kier alpha value is -1.27. The van der Waals surface area contributed by atoms with Gasteiger partial charge < -0.3 is 0 Å². The standard InChI is InChI=1S/C22H29Cl/c23-22-18-16-21(17-19-22)15-9-6-4-2-1-3-5-8-12-20-13-10-7-11-14-20/h7,10-11,13-14,16-19H,1-6,8-9,12,15H2. The van der Waals surface area contributed by atoms with Crippen LogP contribution in [0.4, 0.5) is 0 Å². The van der Waals surface area contributed by atoms with Crippen molar-refractivity contribution in [3.05, 3.63) is 70.7 Å². The van der Waals surface area contributed by atoms with E-state index in [0.29, 0.717) is 0 Å². The minimum atomic E-state index is 0.834. The molecule has 0 amide bonds. The van der Waals surface area contributed by atoms with E-state index in [0.717, 1.165) is 5.02 Å². The number of benzene rings is 2. The van der Waals surface area contributed by atoms with Crippen molar-refractivity contribution in [2.75, 3.05) is 0 Å². The maximum Gasteiger partial charge on any atom is 0.0406 e. The molecule has 23 heavy (non-hydrogen) atoms. The Bertz CT molecular complexity index is 515. The first-order valence-corrected chi connectivity index (χ1v) is 9.51. The van der Waals surface area contributed by atoms with E-state index in [-0.39, 0.29) is 0 Å². The Morgan fingerprint density at radius 1 is 0.478 bits per heavy atom. The smallest absolute Gasteiger partial charge is 0.0406 e. The minimum Gasteiger partial charge on any atom is -0.0843 e. The molecule has 2 rings (SSSR count). The summed E-state index contributed by atoms with van der Waals surface area (Å²) in [6.07, 6.45) is 13.4. The highest BCUT2D eigenvalue weighted by Crippen LogP contribution is 2.14. The van der Waals surface area contributed by atoms with E-state index >= 15 is 0 Å². The summed E-state index contributed by atoms with van der Waals surface area (Å²) in [6.45, 7) is 0. The fraction of sp³-hybridized carbons (Fsp3) is 0.455. The lowest BCUT2D eigenvalue weighted by atomic mass is 10.0. The van der Waals surface area contributed by atoms with Gasteiger partial charge in [-0.3, -0.25) is 0 Å². The average Bonchev–Trinajstić information content (AvgIpc) is 2.59. The van der Waals surface area contributed by atoms with E-state index in [2.05, 4.69) is 42.5 Å². The molecule has 0 saturated carbocycles. The molecule has 2 aromatic rings. The van der Waals surface area contributed by atoms with Gasteiger partial charge in [-0.25, -0.2) is 0 Å². The first-order chi connectivity index (χ1) is 11.3. The molecule has 0 spiro atoms. The number of unbranched alkanes of at least 4 members (excludes halogenated alkanes) is 7. The second kappa shape index (κ2) is 11.3. The maximum absolute atomic E-state index is 5.90. The van der Waals surface area contributed by atoms with E-state index < -0.39 is 0 Å². The normalized spacial score (nSPS) is 10.8. The molecule has 2 aromatic carbocycles. The Balaban J connectivity index is 1.39. The number of hydrogen-bond acceptors (Lipinski definition) is 0. The summed E-state index contributed by atoms with van der Waals surface area (Å²) in [5, 5.41) is 0.834. The molecule has 0 aliphatic carbocycles. The molecule has 0 aliphatic heterocycles. The van der Waals surface area contributed by atoms with Crippen LogP contribution in [0.2, 0.25) is 5.02 Å². The summed E-state index contributed by atoms with van der Waals surface area (Å²) in [4.78, 5) is 0. The first kappa shape index (κ1) is 18.1. The van der Waals surface area contributed by atoms with Crippen molar-refractivity contribution in [3.63, 3.8) is 0 Å². The molecule has 1 heteroatoms. The molecule has 124 valence electrons. The molecule has 0 saturated heterocycles. The van der Waals surface area contributed by atoms with Crippen molar-refractivity contribution in [1.29, 1.82) is 0 Å². The van der Waals surface area contributed by atoms with Gasteiger partial charge in [0.2, 0.25) is 0 Å². The lowest BCUT2D eigenvalue weighted by Gasteiger charge is -2.04. The predicted octanol–water partition coefficient (Wildman–Crippen LogP) is 7.25. The van der Waals surface area contributed by atoms with E-state index in [1.807, 2.05) is 12.1 Å². The first-order valence-electron chi connectivity index (χ1n) is 9.13. The van der Waals surface area contributed by atoms with Crippen molar-refractivity contribution in [2.24, 2.45) is 0 Å². The number of halogens is 1. The van der Waals surface area contributed by atoms with Gasteiger partial charge in [-0.1, -0.05) is 92.6 Å². The Morgan fingerprint density at radius 3 is 1.43 bits per heavy atom. The fourth-order valence-electron chi connectivity index (χ4n) is 3.01. The summed E-state index contributed by atoms with van der Waals surface area (Å²) >= 11 is 5.90. The van der Waals surface area contributed by atoms with Crippen LogP contribution < -0.4 is 0 Å². The lowest BCUT2D eigenvalue weighted by molar-refractivity contribution is 0.567. The summed E-state index contributed by atoms with van der Waals surface area (Å²) in [5.41, 5.74) is 2.89. The third-order valence-corrected chi connectivity index (χ3v) is 4.69. The van der Waals surface area contributed by atoms with Gasteiger partial charge in [0.1, 0.15) is 0 Å². The second-order valence-electron chi connectivity index (χ2n) is 6.44. The number of hydrogen-bond donors (Lipinski definition) is 0. The molecule has 0 atom stereocenters. The molecule has 0 unspecified atom stereocenters. The average molecular weight is 329 g/mol. The maximum atomic E-state index is 5.90. The molecule has 0 heterocycles. The zero-order valence-electron chi connectivity index (χ0n) is 14.1. The van der Waals surface area contributed by atoms with Crippen LogP contribution in [0.15, 0.2) is 54.6 Å². The van der Waals surface area contributed by atoms with E-state index in [1.165, 1.54) is 75.3 Å². The van der Waals surface area contributed by atoms with E-state index in [9.17, 15) is 0 Å². The predicted molar refractivity (Wildman–Crippen MR) is 102 cm³/mol. The monoisotopic (exact) mass is 328 g/mol. The van der Waals surface area contributed by atoms with Gasteiger partial charge in [0, 0.05) is 5.02 Å². The third kappa shape index (κ3) is 8.23. The summed E-state index contributed by atoms with van der Waals surface area (Å²) in [6, 6.07) is 19.1. The van der Waals surface area contributed by atoms with Crippen molar-refractivity contribution in [2.45, 2.75) is 64.2 Å². The van der Waals surface area contributed by atoms with E-state index in [1.54, 1.807) is 0 Å². The second-order valence-corrected chi connectivity index (χ2v) is 6.88. The van der Waals surface area contributed by atoms with Crippen LogP contribution >= 0.6 is 11.6 Å². The van der Waals surface area contributed by atoms with Crippen LogP contribution in [-0.4, -0.2) is 0 Å². The van der Waals surface area contributed by atoms with Gasteiger partial charge in [0.15, 0.2) is 0 Å². The quantitative estimate of drug-likeness (QED) is 0.381. The molecule has 0 radical (unpaired) electrons. The fourth-order valence-corrected chi connectivity index (χ4v) is 3.14. The third-order valence-electron chi connectivity index (χ3n) is 4.44. The zero-order valence-corrected chi connectivity index (χ0v) is 14.9. The lowest BCUT2D eigenvalue weighted by Crippen LogP contribution is -1.87. The number of rotatable bonds is 11. The van der Waals surface area contributed by atoms with Crippen molar-refractivity contribution < 1.29 is 0 Å². The van der Waals surface area contributed by atoms with Crippen LogP contribution in [0, 0.1) is 0 Å². The topological polar surface area (TPSA) is 0 Å². The number of aryl methyl sites for hydroxylation is 2. The SMILES string of the molecule is Clc1ccc(CCCCCCCCCCc2ccccc2)cc1. The molecule has 0 N–H and O–H groups in total. The van der Waals surface area contributed by atoms with Gasteiger partial charge >= 0.3 is 0 Å². The molecule has 0 nitrogen and oxygen atoms in total. The highest BCUT2D eigenvalue weighted by molar-refractivity contribution is 6.30. The van der Waals surface area contributed by atoms with Crippen LogP contribution in [0.25, 0.3) is 0 Å². The van der Waals surface area contributed by atoms with Gasteiger partial charge in [0.05, 0.1) is 0 Å². The zero-order chi connectivity index (χ0) is 16.2. The Kier molecular flexibility index (Phi) is 8.88. The summed E-state index contributed by atoms with van der Waals surface area (Å²) < 4.78 is 0. The van der Waals surface area contributed by atoms with Crippen LogP contribution in [0.1, 0.15) is 62.5 Å². The molecular weight excluding hydrogens is 300 g/mol. The van der Waals surface area contributed by atoms with Crippen molar-refractivity contribution >= 4 is 11.6 Å². The molecule has 0 aliphatic rings. The van der Waals surface area contributed by atoms with Crippen molar-refractivity contribution in [1.82, 2.24) is 0 Å². The molecular formula is C22H29Cl. The van der Waals surface area contributed by atoms with E-state index in [4.69, 9.17) is 11.6 Å². The summed E-state index contributed by atoms with van der Waals surface area (Å²) in [7, 11) is 0. The van der Waals surface area contributed by atoms with Gasteiger partial charge in [-0.2, -0.15) is 0 Å². The minimum absolute atomic E-state index is 0.834. The Morgan fingerprint density at radius 2 is 0.913 bits per heavy atom. The highest BCUT2D eigenvalue weighted by Gasteiger charge is 1.96. The van der Waals surface area contributed by atoms with Crippen LogP contribution in [0.5, 0.6) is 0 Å².